The van der Waals surface area contributed by atoms with Crippen LogP contribution >= 0.6 is 0 Å². The molecular formula is C11H20O2. The number of aliphatic hydroxyl groups is 1. The van der Waals surface area contributed by atoms with Crippen LogP contribution in [0, 0.1) is 17.8 Å². The van der Waals surface area contributed by atoms with Crippen LogP contribution in [0.15, 0.2) is 0 Å². The van der Waals surface area contributed by atoms with E-state index < -0.39 is 0 Å². The first-order chi connectivity index (χ1) is 6.15. The number of aliphatic hydroxyl groups excluding tert-OH is 1. The van der Waals surface area contributed by atoms with Crippen molar-refractivity contribution in [3.05, 3.63) is 0 Å². The molecule has 1 saturated carbocycles. The Balaban J connectivity index is 2.45. The molecular weight excluding hydrogens is 164 g/mol. The summed E-state index contributed by atoms with van der Waals surface area (Å²) in [6.07, 6.45) is 4.57. The molecule has 0 aromatic carbocycles. The van der Waals surface area contributed by atoms with Crippen LogP contribution in [0.1, 0.15) is 39.5 Å². The van der Waals surface area contributed by atoms with Gasteiger partial charge in [0.1, 0.15) is 6.29 Å². The highest BCUT2D eigenvalue weighted by Gasteiger charge is 2.30. The topological polar surface area (TPSA) is 37.3 Å². The molecule has 0 aromatic heterocycles. The largest absolute Gasteiger partial charge is 0.393 e. The van der Waals surface area contributed by atoms with Gasteiger partial charge in [-0.3, -0.25) is 0 Å². The van der Waals surface area contributed by atoms with Gasteiger partial charge < -0.3 is 9.90 Å². The van der Waals surface area contributed by atoms with E-state index in [0.29, 0.717) is 24.2 Å². The molecule has 4 atom stereocenters. The van der Waals surface area contributed by atoms with Crippen LogP contribution < -0.4 is 0 Å². The summed E-state index contributed by atoms with van der Waals surface area (Å²) in [5.41, 5.74) is 0. The smallest absolute Gasteiger partial charge is 0.120 e. The number of carbonyl (C=O) groups excluding carboxylic acids is 1. The van der Waals surface area contributed by atoms with E-state index >= 15 is 0 Å². The summed E-state index contributed by atoms with van der Waals surface area (Å²) >= 11 is 0. The predicted octanol–water partition coefficient (Wildman–Crippen LogP) is 2.01. The quantitative estimate of drug-likeness (QED) is 0.681. The maximum atomic E-state index is 10.3. The average Bonchev–Trinajstić information content (AvgIpc) is 2.04. The molecule has 1 aliphatic carbocycles. The van der Waals surface area contributed by atoms with Crippen molar-refractivity contribution in [1.29, 1.82) is 0 Å². The minimum absolute atomic E-state index is 0.182. The minimum Gasteiger partial charge on any atom is -0.393 e. The lowest BCUT2D eigenvalue weighted by Crippen LogP contribution is -2.32. The van der Waals surface area contributed by atoms with Gasteiger partial charge in [0.25, 0.3) is 0 Å². The van der Waals surface area contributed by atoms with Gasteiger partial charge in [0.15, 0.2) is 0 Å². The number of hydrogen-bond donors (Lipinski definition) is 1. The van der Waals surface area contributed by atoms with Crippen LogP contribution in [-0.4, -0.2) is 17.5 Å². The molecule has 13 heavy (non-hydrogen) atoms. The molecule has 0 heterocycles. The maximum Gasteiger partial charge on any atom is 0.120 e. The lowest BCUT2D eigenvalue weighted by Gasteiger charge is -2.34. The first-order valence-electron chi connectivity index (χ1n) is 5.26. The monoisotopic (exact) mass is 184 g/mol. The summed E-state index contributed by atoms with van der Waals surface area (Å²) in [5, 5.41) is 9.82. The molecule has 1 N–H and O–H groups in total. The predicted molar refractivity (Wildman–Crippen MR) is 52.4 cm³/mol. The zero-order valence-corrected chi connectivity index (χ0v) is 8.57. The normalized spacial score (nSPS) is 37.0. The summed E-state index contributed by atoms with van der Waals surface area (Å²) < 4.78 is 0. The second-order valence-corrected chi connectivity index (χ2v) is 4.53. The molecule has 2 nitrogen and oxygen atoms in total. The molecule has 1 aliphatic rings. The average molecular weight is 184 g/mol. The molecule has 0 amide bonds. The van der Waals surface area contributed by atoms with E-state index in [2.05, 4.69) is 13.8 Å². The van der Waals surface area contributed by atoms with E-state index in [9.17, 15) is 9.90 Å². The molecule has 0 radical (unpaired) electrons. The van der Waals surface area contributed by atoms with Crippen molar-refractivity contribution in [2.45, 2.75) is 45.6 Å². The van der Waals surface area contributed by atoms with Crippen LogP contribution in [0.4, 0.5) is 0 Å². The van der Waals surface area contributed by atoms with Crippen LogP contribution in [0.5, 0.6) is 0 Å². The Morgan fingerprint density at radius 1 is 1.54 bits per heavy atom. The van der Waals surface area contributed by atoms with Gasteiger partial charge in [0, 0.05) is 6.42 Å². The second-order valence-electron chi connectivity index (χ2n) is 4.53. The van der Waals surface area contributed by atoms with E-state index in [1.54, 1.807) is 0 Å². The highest BCUT2D eigenvalue weighted by atomic mass is 16.3. The molecule has 76 valence electrons. The third-order valence-corrected chi connectivity index (χ3v) is 3.33. The number of carbonyl (C=O) groups is 1. The van der Waals surface area contributed by atoms with Gasteiger partial charge in [0.2, 0.25) is 0 Å². The fourth-order valence-corrected chi connectivity index (χ4v) is 2.36. The first kappa shape index (κ1) is 10.7. The van der Waals surface area contributed by atoms with Crippen molar-refractivity contribution in [2.24, 2.45) is 17.8 Å². The highest BCUT2D eigenvalue weighted by Crippen LogP contribution is 2.34. The van der Waals surface area contributed by atoms with Crippen molar-refractivity contribution in [1.82, 2.24) is 0 Å². The Morgan fingerprint density at radius 2 is 2.23 bits per heavy atom. The summed E-state index contributed by atoms with van der Waals surface area (Å²) in [6.45, 7) is 4.25. The third kappa shape index (κ3) is 2.80. The Hall–Kier alpha value is -0.370. The highest BCUT2D eigenvalue weighted by molar-refractivity contribution is 5.49. The van der Waals surface area contributed by atoms with Gasteiger partial charge in [-0.15, -0.1) is 0 Å². The van der Waals surface area contributed by atoms with Crippen molar-refractivity contribution in [2.75, 3.05) is 0 Å². The summed E-state index contributed by atoms with van der Waals surface area (Å²) in [7, 11) is 0. The van der Waals surface area contributed by atoms with Crippen molar-refractivity contribution >= 4 is 6.29 Å². The molecule has 1 rings (SSSR count). The van der Waals surface area contributed by atoms with E-state index in [1.807, 2.05) is 0 Å². The zero-order valence-electron chi connectivity index (χ0n) is 8.57. The van der Waals surface area contributed by atoms with E-state index in [4.69, 9.17) is 0 Å². The van der Waals surface area contributed by atoms with E-state index in [1.165, 1.54) is 6.42 Å². The van der Waals surface area contributed by atoms with Crippen molar-refractivity contribution in [3.63, 3.8) is 0 Å². The summed E-state index contributed by atoms with van der Waals surface area (Å²) in [4.78, 5) is 10.3. The molecule has 0 bridgehead atoms. The lowest BCUT2D eigenvalue weighted by molar-refractivity contribution is -0.109. The molecule has 1 fully saturated rings. The standard InChI is InChI=1S/C11H20O2/c1-8-3-4-10(11(13)7-8)9(2)5-6-12/h6,8-11,13H,3-5,7H2,1-2H3. The molecule has 0 saturated heterocycles. The van der Waals surface area contributed by atoms with E-state index in [-0.39, 0.29) is 6.10 Å². The lowest BCUT2D eigenvalue weighted by atomic mass is 9.74. The Bertz CT molecular complexity index is 167. The van der Waals surface area contributed by atoms with Gasteiger partial charge in [0.05, 0.1) is 6.10 Å². The van der Waals surface area contributed by atoms with Crippen LogP contribution in [0.25, 0.3) is 0 Å². The zero-order chi connectivity index (χ0) is 9.84. The molecule has 0 spiro atoms. The number of aldehydes is 1. The fraction of sp³-hybridized carbons (Fsp3) is 0.909. The van der Waals surface area contributed by atoms with Gasteiger partial charge in [-0.2, -0.15) is 0 Å². The van der Waals surface area contributed by atoms with Crippen LogP contribution in [0.2, 0.25) is 0 Å². The summed E-state index contributed by atoms with van der Waals surface area (Å²) in [6, 6.07) is 0. The van der Waals surface area contributed by atoms with Gasteiger partial charge in [-0.25, -0.2) is 0 Å². The fourth-order valence-electron chi connectivity index (χ4n) is 2.36. The Kier molecular flexibility index (Phi) is 3.91. The third-order valence-electron chi connectivity index (χ3n) is 3.33. The molecule has 4 unspecified atom stereocenters. The first-order valence-corrected chi connectivity index (χ1v) is 5.26. The van der Waals surface area contributed by atoms with Gasteiger partial charge >= 0.3 is 0 Å². The summed E-state index contributed by atoms with van der Waals surface area (Å²) in [5.74, 6) is 1.34. The number of hydrogen-bond acceptors (Lipinski definition) is 2. The van der Waals surface area contributed by atoms with Crippen molar-refractivity contribution in [3.8, 4) is 0 Å². The molecule has 0 aromatic rings. The van der Waals surface area contributed by atoms with Gasteiger partial charge in [-0.05, 0) is 30.6 Å². The maximum absolute atomic E-state index is 10.3. The molecule has 2 heteroatoms. The van der Waals surface area contributed by atoms with Crippen LogP contribution in [-0.2, 0) is 4.79 Å². The van der Waals surface area contributed by atoms with Crippen LogP contribution in [0.3, 0.4) is 0 Å². The Morgan fingerprint density at radius 3 is 2.77 bits per heavy atom. The Labute approximate surface area is 80.3 Å². The van der Waals surface area contributed by atoms with Crippen molar-refractivity contribution < 1.29 is 9.90 Å². The minimum atomic E-state index is -0.182. The molecule has 0 aliphatic heterocycles. The SMILES string of the molecule is CC1CCC(C(C)CC=O)C(O)C1. The van der Waals surface area contributed by atoms with Gasteiger partial charge in [-0.1, -0.05) is 20.3 Å². The number of rotatable bonds is 3. The second kappa shape index (κ2) is 4.75. The van der Waals surface area contributed by atoms with E-state index in [0.717, 1.165) is 19.1 Å².